The van der Waals surface area contributed by atoms with E-state index in [1.165, 1.54) is 11.3 Å². The Morgan fingerprint density at radius 3 is 3.07 bits per heavy atom. The predicted molar refractivity (Wildman–Crippen MR) is 54.8 cm³/mol. The van der Waals surface area contributed by atoms with Gasteiger partial charge >= 0.3 is 0 Å². The van der Waals surface area contributed by atoms with Gasteiger partial charge in [-0.05, 0) is 18.2 Å². The number of hydrazine groups is 1. The summed E-state index contributed by atoms with van der Waals surface area (Å²) in [5.74, 6) is -0.153. The second kappa shape index (κ2) is 3.31. The Hall–Kier alpha value is -1.55. The molecule has 4 nitrogen and oxygen atoms in total. The van der Waals surface area contributed by atoms with Crippen molar-refractivity contribution in [3.8, 4) is 0 Å². The van der Waals surface area contributed by atoms with Crippen LogP contribution in [0.1, 0.15) is 10.4 Å². The second-order valence-corrected chi connectivity index (χ2v) is 3.35. The van der Waals surface area contributed by atoms with Gasteiger partial charge in [0.1, 0.15) is 6.34 Å². The van der Waals surface area contributed by atoms with Crippen molar-refractivity contribution in [1.82, 2.24) is 10.4 Å². The molecule has 0 aromatic heterocycles. The van der Waals surface area contributed by atoms with Crippen LogP contribution in [0.15, 0.2) is 23.2 Å². The number of hydrogen-bond acceptors (Lipinski definition) is 3. The number of nitrogens with zero attached hydrogens (tertiary/aromatic N) is 2. The van der Waals surface area contributed by atoms with Crippen LogP contribution in [0, 0.1) is 0 Å². The van der Waals surface area contributed by atoms with Crippen LogP contribution in [0.25, 0.3) is 0 Å². The van der Waals surface area contributed by atoms with Gasteiger partial charge in [0.25, 0.3) is 5.91 Å². The highest BCUT2D eigenvalue weighted by Crippen LogP contribution is 2.24. The number of fused-ring (bicyclic) bond motifs is 1. The van der Waals surface area contributed by atoms with Crippen molar-refractivity contribution in [1.29, 1.82) is 0 Å². The van der Waals surface area contributed by atoms with Crippen molar-refractivity contribution in [3.05, 3.63) is 28.8 Å². The molecule has 1 aromatic rings. The molecule has 1 amide bonds. The van der Waals surface area contributed by atoms with Crippen LogP contribution < -0.4 is 5.43 Å². The fourth-order valence-electron chi connectivity index (χ4n) is 1.22. The standard InChI is InChI=1S/C9H8ClN3O/c1-13-9(14)7-4-6(10)2-3-8(7)11-5-12-13/h2-5H,1H3,(H,11,12). The van der Waals surface area contributed by atoms with Crippen molar-refractivity contribution in [2.24, 2.45) is 4.99 Å². The highest BCUT2D eigenvalue weighted by molar-refractivity contribution is 6.31. The fraction of sp³-hybridized carbons (Fsp3) is 0.111. The molecule has 5 heteroatoms. The Morgan fingerprint density at radius 2 is 2.29 bits per heavy atom. The van der Waals surface area contributed by atoms with Gasteiger partial charge in [0.15, 0.2) is 0 Å². The average Bonchev–Trinajstić information content (AvgIpc) is 2.30. The average molecular weight is 210 g/mol. The Balaban J connectivity index is 2.57. The molecule has 1 aromatic carbocycles. The van der Waals surface area contributed by atoms with Gasteiger partial charge in [-0.3, -0.25) is 15.2 Å². The van der Waals surface area contributed by atoms with Crippen LogP contribution in [-0.2, 0) is 0 Å². The first kappa shape index (κ1) is 9.02. The third-order valence-electron chi connectivity index (χ3n) is 1.95. The van der Waals surface area contributed by atoms with Crippen LogP contribution in [0.3, 0.4) is 0 Å². The third-order valence-corrected chi connectivity index (χ3v) is 2.18. The van der Waals surface area contributed by atoms with E-state index in [4.69, 9.17) is 11.6 Å². The molecule has 2 rings (SSSR count). The lowest BCUT2D eigenvalue weighted by molar-refractivity contribution is 0.0764. The molecule has 72 valence electrons. The van der Waals surface area contributed by atoms with Crippen molar-refractivity contribution in [2.75, 3.05) is 7.05 Å². The van der Waals surface area contributed by atoms with Gasteiger partial charge in [-0.1, -0.05) is 11.6 Å². The third kappa shape index (κ3) is 1.44. The maximum Gasteiger partial charge on any atom is 0.274 e. The molecule has 0 saturated heterocycles. The summed E-state index contributed by atoms with van der Waals surface area (Å²) in [6.45, 7) is 0. The van der Waals surface area contributed by atoms with Gasteiger partial charge in [-0.2, -0.15) is 0 Å². The Kier molecular flexibility index (Phi) is 2.13. The van der Waals surface area contributed by atoms with Gasteiger partial charge in [0.05, 0.1) is 11.3 Å². The minimum atomic E-state index is -0.153. The summed E-state index contributed by atoms with van der Waals surface area (Å²) in [5, 5.41) is 1.88. The van der Waals surface area contributed by atoms with Gasteiger partial charge in [0, 0.05) is 12.1 Å². The number of carbonyl (C=O) groups excluding carboxylic acids is 1. The summed E-state index contributed by atoms with van der Waals surface area (Å²) >= 11 is 5.80. The molecule has 0 bridgehead atoms. The topological polar surface area (TPSA) is 44.7 Å². The summed E-state index contributed by atoms with van der Waals surface area (Å²) in [4.78, 5) is 15.8. The van der Waals surface area contributed by atoms with E-state index in [0.717, 1.165) is 0 Å². The quantitative estimate of drug-likeness (QED) is 0.705. The first-order chi connectivity index (χ1) is 6.68. The zero-order valence-electron chi connectivity index (χ0n) is 7.49. The number of benzene rings is 1. The Labute approximate surface area is 86.2 Å². The molecular formula is C9H8ClN3O. The van der Waals surface area contributed by atoms with E-state index in [2.05, 4.69) is 10.4 Å². The zero-order valence-corrected chi connectivity index (χ0v) is 8.25. The van der Waals surface area contributed by atoms with Gasteiger partial charge in [0.2, 0.25) is 0 Å². The van der Waals surface area contributed by atoms with E-state index < -0.39 is 0 Å². The molecular weight excluding hydrogens is 202 g/mol. The number of rotatable bonds is 0. The number of nitrogens with one attached hydrogen (secondary N) is 1. The Morgan fingerprint density at radius 1 is 1.50 bits per heavy atom. The van der Waals surface area contributed by atoms with Crippen LogP contribution in [-0.4, -0.2) is 24.3 Å². The van der Waals surface area contributed by atoms with Gasteiger partial charge < -0.3 is 0 Å². The molecule has 0 spiro atoms. The highest BCUT2D eigenvalue weighted by Gasteiger charge is 2.17. The number of carbonyl (C=O) groups is 1. The lowest BCUT2D eigenvalue weighted by Crippen LogP contribution is -2.37. The first-order valence-electron chi connectivity index (χ1n) is 4.05. The number of amides is 1. The SMILES string of the molecule is CN1NC=Nc2ccc(Cl)cc2C1=O. The number of halogens is 1. The van der Waals surface area contributed by atoms with Crippen molar-refractivity contribution in [3.63, 3.8) is 0 Å². The van der Waals surface area contributed by atoms with Gasteiger partial charge in [-0.15, -0.1) is 0 Å². The van der Waals surface area contributed by atoms with Crippen molar-refractivity contribution in [2.45, 2.75) is 0 Å². The summed E-state index contributed by atoms with van der Waals surface area (Å²) in [6.07, 6.45) is 1.47. The molecule has 1 N–H and O–H groups in total. The maximum atomic E-state index is 11.7. The smallest absolute Gasteiger partial charge is 0.274 e. The van der Waals surface area contributed by atoms with E-state index in [9.17, 15) is 4.79 Å². The van der Waals surface area contributed by atoms with Crippen LogP contribution in [0.5, 0.6) is 0 Å². The van der Waals surface area contributed by atoms with Crippen LogP contribution in [0.2, 0.25) is 5.02 Å². The molecule has 0 atom stereocenters. The van der Waals surface area contributed by atoms with E-state index in [1.54, 1.807) is 25.2 Å². The summed E-state index contributed by atoms with van der Waals surface area (Å²) in [5.41, 5.74) is 3.83. The largest absolute Gasteiger partial charge is 0.285 e. The number of hydrogen-bond donors (Lipinski definition) is 1. The molecule has 0 aliphatic carbocycles. The molecule has 1 heterocycles. The molecule has 1 aliphatic rings. The minimum Gasteiger partial charge on any atom is -0.285 e. The van der Waals surface area contributed by atoms with Gasteiger partial charge in [-0.25, -0.2) is 4.99 Å². The van der Waals surface area contributed by atoms with Crippen LogP contribution in [0.4, 0.5) is 5.69 Å². The summed E-state index contributed by atoms with van der Waals surface area (Å²) in [6, 6.07) is 5.03. The number of aliphatic imine (C=N–C) groups is 1. The van der Waals surface area contributed by atoms with E-state index >= 15 is 0 Å². The molecule has 14 heavy (non-hydrogen) atoms. The molecule has 0 fully saturated rings. The normalized spacial score (nSPS) is 14.7. The van der Waals surface area contributed by atoms with Crippen molar-refractivity contribution >= 4 is 29.5 Å². The minimum absolute atomic E-state index is 0.153. The molecule has 0 radical (unpaired) electrons. The fourth-order valence-corrected chi connectivity index (χ4v) is 1.39. The lowest BCUT2D eigenvalue weighted by atomic mass is 10.1. The summed E-state index contributed by atoms with van der Waals surface area (Å²) < 4.78 is 0. The van der Waals surface area contributed by atoms with Crippen molar-refractivity contribution < 1.29 is 4.79 Å². The molecule has 1 aliphatic heterocycles. The van der Waals surface area contributed by atoms with Crippen LogP contribution >= 0.6 is 11.6 Å². The summed E-state index contributed by atoms with van der Waals surface area (Å²) in [7, 11) is 1.63. The zero-order chi connectivity index (χ0) is 10.1. The molecule has 0 saturated carbocycles. The monoisotopic (exact) mass is 209 g/mol. The highest BCUT2D eigenvalue weighted by atomic mass is 35.5. The Bertz CT molecular complexity index is 417. The first-order valence-corrected chi connectivity index (χ1v) is 4.42. The maximum absolute atomic E-state index is 11.7. The second-order valence-electron chi connectivity index (χ2n) is 2.91. The molecule has 0 unspecified atom stereocenters. The van der Waals surface area contributed by atoms with E-state index in [1.807, 2.05) is 0 Å². The predicted octanol–water partition coefficient (Wildman–Crippen LogP) is 1.59. The van der Waals surface area contributed by atoms with E-state index in [-0.39, 0.29) is 5.91 Å². The lowest BCUT2D eigenvalue weighted by Gasteiger charge is -2.13. The van der Waals surface area contributed by atoms with E-state index in [0.29, 0.717) is 16.3 Å².